The minimum atomic E-state index is -3.00. The summed E-state index contributed by atoms with van der Waals surface area (Å²) in [5.74, 6) is -4.62. The summed E-state index contributed by atoms with van der Waals surface area (Å²) in [7, 11) is 1.65. The number of nitrogens with zero attached hydrogens (tertiary/aromatic N) is 4. The highest BCUT2D eigenvalue weighted by Gasteiger charge is 2.45. The topological polar surface area (TPSA) is 87.1 Å². The number of esters is 1. The van der Waals surface area contributed by atoms with Crippen molar-refractivity contribution >= 4 is 45.4 Å². The van der Waals surface area contributed by atoms with Gasteiger partial charge in [0.25, 0.3) is 5.92 Å². The number of hydrogen-bond acceptors (Lipinski definition) is 9. The fraction of sp³-hybridized carbons (Fsp3) is 0.462. The third kappa shape index (κ3) is 6.94. The number of halogens is 4. The Morgan fingerprint density at radius 3 is 2.85 bits per heavy atom. The van der Waals surface area contributed by atoms with Gasteiger partial charge in [-0.3, -0.25) is 14.8 Å². The van der Waals surface area contributed by atoms with Crippen LogP contribution in [0.15, 0.2) is 50.5 Å². The number of rotatable bonds is 10. The molecule has 0 spiro atoms. The molecule has 39 heavy (non-hydrogen) atoms. The number of ether oxygens (including phenoxy) is 1. The van der Waals surface area contributed by atoms with E-state index in [0.717, 1.165) is 0 Å². The van der Waals surface area contributed by atoms with Crippen LogP contribution in [0, 0.1) is 11.7 Å². The molecule has 1 N–H and O–H groups in total. The molecule has 0 saturated carbocycles. The Kier molecular flexibility index (Phi) is 9.57. The quantitative estimate of drug-likeness (QED) is 0.314. The van der Waals surface area contributed by atoms with Crippen molar-refractivity contribution in [2.75, 3.05) is 46.4 Å². The van der Waals surface area contributed by atoms with E-state index < -0.39 is 36.2 Å². The molecule has 13 heteroatoms. The number of thiazole rings is 1. The second kappa shape index (κ2) is 12.7. The summed E-state index contributed by atoms with van der Waals surface area (Å²) in [5, 5.41) is 5.50. The van der Waals surface area contributed by atoms with Crippen molar-refractivity contribution in [1.82, 2.24) is 20.1 Å². The van der Waals surface area contributed by atoms with Gasteiger partial charge in [-0.1, -0.05) is 22.0 Å². The van der Waals surface area contributed by atoms with Crippen molar-refractivity contribution in [2.24, 2.45) is 10.9 Å². The molecule has 8 nitrogen and oxygen atoms in total. The molecule has 0 aliphatic carbocycles. The van der Waals surface area contributed by atoms with Crippen molar-refractivity contribution in [3.63, 3.8) is 0 Å². The van der Waals surface area contributed by atoms with Gasteiger partial charge in [0.15, 0.2) is 10.8 Å². The summed E-state index contributed by atoms with van der Waals surface area (Å²) in [5.41, 5.74) is 1.07. The van der Waals surface area contributed by atoms with Gasteiger partial charge >= 0.3 is 5.97 Å². The van der Waals surface area contributed by atoms with Gasteiger partial charge in [-0.05, 0) is 44.6 Å². The first kappa shape index (κ1) is 29.4. The predicted octanol–water partition coefficient (Wildman–Crippen LogP) is 4.04. The SMILES string of the molecule is CCOC(=O)C1=C(CN2CCC(CN(C)CC=O)C(F)(F)C2)NC(c2nccs2)=N[C@H]1c1ccc(F)cc1Br. The molecular formula is C26H29BrF3N5O3S. The van der Waals surface area contributed by atoms with Crippen molar-refractivity contribution in [2.45, 2.75) is 25.3 Å². The Morgan fingerprint density at radius 2 is 2.21 bits per heavy atom. The Morgan fingerprint density at radius 1 is 1.41 bits per heavy atom. The van der Waals surface area contributed by atoms with Crippen LogP contribution in [0.25, 0.3) is 0 Å². The molecule has 1 aromatic heterocycles. The van der Waals surface area contributed by atoms with Crippen LogP contribution in [-0.2, 0) is 14.3 Å². The average molecular weight is 629 g/mol. The molecule has 1 fully saturated rings. The van der Waals surface area contributed by atoms with Gasteiger partial charge in [-0.2, -0.15) is 0 Å². The van der Waals surface area contributed by atoms with Gasteiger partial charge < -0.3 is 14.8 Å². The molecule has 2 aliphatic heterocycles. The highest BCUT2D eigenvalue weighted by molar-refractivity contribution is 9.10. The van der Waals surface area contributed by atoms with Crippen LogP contribution in [0.4, 0.5) is 13.2 Å². The van der Waals surface area contributed by atoms with Crippen molar-refractivity contribution in [3.8, 4) is 0 Å². The van der Waals surface area contributed by atoms with Crippen LogP contribution in [0.5, 0.6) is 0 Å². The van der Waals surface area contributed by atoms with Crippen LogP contribution in [0.2, 0.25) is 0 Å². The van der Waals surface area contributed by atoms with Gasteiger partial charge in [0.05, 0.1) is 25.3 Å². The number of amidine groups is 1. The minimum Gasteiger partial charge on any atom is -0.463 e. The third-order valence-corrected chi connectivity index (χ3v) is 8.11. The monoisotopic (exact) mass is 627 g/mol. The maximum atomic E-state index is 15.2. The maximum absolute atomic E-state index is 15.2. The highest BCUT2D eigenvalue weighted by atomic mass is 79.9. The smallest absolute Gasteiger partial charge is 0.338 e. The largest absolute Gasteiger partial charge is 0.463 e. The van der Waals surface area contributed by atoms with Gasteiger partial charge in [-0.15, -0.1) is 11.3 Å². The van der Waals surface area contributed by atoms with Gasteiger partial charge in [0.1, 0.15) is 18.1 Å². The summed E-state index contributed by atoms with van der Waals surface area (Å²) in [6.45, 7) is 1.85. The number of aldehydes is 1. The number of hydrogen-bond donors (Lipinski definition) is 1. The fourth-order valence-electron chi connectivity index (χ4n) is 4.78. The molecule has 2 atom stereocenters. The van der Waals surface area contributed by atoms with Crippen molar-refractivity contribution in [1.29, 1.82) is 0 Å². The second-order valence-corrected chi connectivity index (χ2v) is 11.2. The molecule has 0 radical (unpaired) electrons. The third-order valence-electron chi connectivity index (χ3n) is 6.64. The molecule has 2 aromatic rings. The lowest BCUT2D eigenvalue weighted by Crippen LogP contribution is -2.53. The van der Waals surface area contributed by atoms with Gasteiger partial charge in [0.2, 0.25) is 0 Å². The second-order valence-electron chi connectivity index (χ2n) is 9.47. The Labute approximate surface area is 237 Å². The van der Waals surface area contributed by atoms with Crippen LogP contribution >= 0.6 is 27.3 Å². The number of aromatic nitrogens is 1. The average Bonchev–Trinajstić information content (AvgIpc) is 3.40. The molecule has 1 aromatic carbocycles. The fourth-order valence-corrected chi connectivity index (χ4v) is 5.94. The van der Waals surface area contributed by atoms with Crippen LogP contribution in [0.3, 0.4) is 0 Å². The number of benzene rings is 1. The lowest BCUT2D eigenvalue weighted by molar-refractivity contribution is -0.139. The number of carbonyl (C=O) groups is 2. The van der Waals surface area contributed by atoms with E-state index in [1.807, 2.05) is 0 Å². The number of likely N-dealkylation sites (tertiary alicyclic amines) is 1. The number of alkyl halides is 2. The van der Waals surface area contributed by atoms with Crippen molar-refractivity contribution in [3.05, 3.63) is 61.9 Å². The molecule has 0 amide bonds. The summed E-state index contributed by atoms with van der Waals surface area (Å²) in [4.78, 5) is 36.3. The molecule has 1 saturated heterocycles. The van der Waals surface area contributed by atoms with E-state index in [4.69, 9.17) is 9.73 Å². The van der Waals surface area contributed by atoms with E-state index in [1.165, 1.54) is 29.5 Å². The van der Waals surface area contributed by atoms with E-state index >= 15 is 8.78 Å². The zero-order chi connectivity index (χ0) is 28.2. The molecule has 210 valence electrons. The first-order chi connectivity index (χ1) is 18.6. The predicted molar refractivity (Wildman–Crippen MR) is 145 cm³/mol. The molecule has 1 unspecified atom stereocenters. The molecular weight excluding hydrogens is 599 g/mol. The number of aliphatic imine (C=N–C) groups is 1. The van der Waals surface area contributed by atoms with Gasteiger partial charge in [-0.25, -0.2) is 22.9 Å². The molecule has 2 aliphatic rings. The zero-order valence-electron chi connectivity index (χ0n) is 21.5. The standard InChI is InChI=1S/C26H29BrF3N5O3S/c1-3-38-25(37)21-20(14-35-8-6-16(26(29,30)15-35)13-34(2)9-10-36)32-23(24-31-7-11-39-24)33-22(21)18-5-4-17(28)12-19(18)27/h4-5,7,10-12,16,22H,3,6,8-9,13-15H2,1-2H3,(H,32,33)/t16?,22-/m0/s1. The molecule has 4 rings (SSSR count). The first-order valence-corrected chi connectivity index (χ1v) is 14.1. The lowest BCUT2D eigenvalue weighted by atomic mass is 9.91. The summed E-state index contributed by atoms with van der Waals surface area (Å²) in [6.07, 6.45) is 2.53. The number of nitrogens with one attached hydrogen (secondary N) is 1. The maximum Gasteiger partial charge on any atom is 0.338 e. The van der Waals surface area contributed by atoms with E-state index in [9.17, 15) is 14.0 Å². The highest BCUT2D eigenvalue weighted by Crippen LogP contribution is 2.38. The van der Waals surface area contributed by atoms with Crippen LogP contribution < -0.4 is 5.32 Å². The number of likely N-dealkylation sites (N-methyl/N-ethyl adjacent to an activating group) is 1. The molecule has 0 bridgehead atoms. The van der Waals surface area contributed by atoms with Gasteiger partial charge in [0, 0.05) is 40.8 Å². The summed E-state index contributed by atoms with van der Waals surface area (Å²) >= 11 is 4.72. The molecule has 3 heterocycles. The Balaban J connectivity index is 1.69. The first-order valence-electron chi connectivity index (χ1n) is 12.4. The van der Waals surface area contributed by atoms with Crippen molar-refractivity contribution < 1.29 is 27.5 Å². The lowest BCUT2D eigenvalue weighted by Gasteiger charge is -2.40. The van der Waals surface area contributed by atoms with E-state index in [-0.39, 0.29) is 38.2 Å². The summed E-state index contributed by atoms with van der Waals surface area (Å²) < 4.78 is 50.1. The Bertz CT molecular complexity index is 1260. The Hall–Kier alpha value is -2.61. The van der Waals surface area contributed by atoms with E-state index in [0.29, 0.717) is 39.4 Å². The summed E-state index contributed by atoms with van der Waals surface area (Å²) in [6, 6.07) is 3.20. The van der Waals surface area contributed by atoms with E-state index in [2.05, 4.69) is 26.2 Å². The normalized spacial score (nSPS) is 21.5. The van der Waals surface area contributed by atoms with Crippen LogP contribution in [-0.4, -0.2) is 85.2 Å². The van der Waals surface area contributed by atoms with Crippen LogP contribution in [0.1, 0.15) is 30.0 Å². The number of carbonyl (C=O) groups excluding carboxylic acids is 2. The zero-order valence-corrected chi connectivity index (χ0v) is 23.9. The minimum absolute atomic E-state index is 0.0142. The number of piperidine rings is 1. The van der Waals surface area contributed by atoms with E-state index in [1.54, 1.807) is 35.3 Å².